The van der Waals surface area contributed by atoms with Crippen molar-refractivity contribution in [3.8, 4) is 5.75 Å². The van der Waals surface area contributed by atoms with Crippen molar-refractivity contribution in [2.45, 2.75) is 19.9 Å². The van der Waals surface area contributed by atoms with Crippen LogP contribution in [0.4, 0.5) is 0 Å². The van der Waals surface area contributed by atoms with E-state index in [0.29, 0.717) is 0 Å². The molecule has 1 heterocycles. The Bertz CT molecular complexity index is 451. The van der Waals surface area contributed by atoms with Gasteiger partial charge in [-0.25, -0.2) is 0 Å². The maximum atomic E-state index is 5.60. The standard InChI is InChI=1S/C15H19NO2/c1-13-8-11-18-15(13)12-16-9-5-10-17-14-6-3-2-4-7-14/h2-4,6-8,11,16H,5,9-10,12H2,1H3. The van der Waals surface area contributed by atoms with Gasteiger partial charge in [0.15, 0.2) is 0 Å². The first-order valence-electron chi connectivity index (χ1n) is 6.28. The molecule has 1 aromatic carbocycles. The summed E-state index contributed by atoms with van der Waals surface area (Å²) in [5, 5.41) is 3.34. The van der Waals surface area contributed by atoms with E-state index < -0.39 is 0 Å². The number of hydrogen-bond acceptors (Lipinski definition) is 3. The highest BCUT2D eigenvalue weighted by molar-refractivity contribution is 5.20. The second-order valence-corrected chi connectivity index (χ2v) is 4.22. The number of ether oxygens (including phenoxy) is 1. The van der Waals surface area contributed by atoms with Crippen molar-refractivity contribution in [1.82, 2.24) is 5.32 Å². The van der Waals surface area contributed by atoms with Crippen molar-refractivity contribution in [2.24, 2.45) is 0 Å². The fraction of sp³-hybridized carbons (Fsp3) is 0.333. The zero-order valence-electron chi connectivity index (χ0n) is 10.7. The van der Waals surface area contributed by atoms with Gasteiger partial charge in [0.25, 0.3) is 0 Å². The highest BCUT2D eigenvalue weighted by atomic mass is 16.5. The van der Waals surface area contributed by atoms with E-state index in [4.69, 9.17) is 9.15 Å². The molecule has 0 spiro atoms. The van der Waals surface area contributed by atoms with Crippen LogP contribution >= 0.6 is 0 Å². The molecule has 18 heavy (non-hydrogen) atoms. The Labute approximate surface area is 108 Å². The topological polar surface area (TPSA) is 34.4 Å². The largest absolute Gasteiger partial charge is 0.494 e. The summed E-state index contributed by atoms with van der Waals surface area (Å²) in [6, 6.07) is 11.9. The average Bonchev–Trinajstić information content (AvgIpc) is 2.81. The van der Waals surface area contributed by atoms with Crippen LogP contribution < -0.4 is 10.1 Å². The summed E-state index contributed by atoms with van der Waals surface area (Å²) in [5.41, 5.74) is 1.20. The second-order valence-electron chi connectivity index (χ2n) is 4.22. The summed E-state index contributed by atoms with van der Waals surface area (Å²) in [4.78, 5) is 0. The molecule has 0 fully saturated rings. The van der Waals surface area contributed by atoms with Crippen molar-refractivity contribution in [2.75, 3.05) is 13.2 Å². The van der Waals surface area contributed by atoms with Crippen molar-refractivity contribution < 1.29 is 9.15 Å². The summed E-state index contributed by atoms with van der Waals surface area (Å²) in [5.74, 6) is 1.94. The van der Waals surface area contributed by atoms with E-state index in [1.54, 1.807) is 6.26 Å². The predicted octanol–water partition coefficient (Wildman–Crippen LogP) is 3.15. The van der Waals surface area contributed by atoms with Gasteiger partial charge >= 0.3 is 0 Å². The van der Waals surface area contributed by atoms with Crippen LogP contribution in [0.5, 0.6) is 5.75 Å². The summed E-state index contributed by atoms with van der Waals surface area (Å²) in [7, 11) is 0. The Morgan fingerprint density at radius 3 is 2.72 bits per heavy atom. The molecule has 0 saturated carbocycles. The lowest BCUT2D eigenvalue weighted by molar-refractivity contribution is 0.307. The summed E-state index contributed by atoms with van der Waals surface area (Å²) in [6.45, 7) is 4.49. The van der Waals surface area contributed by atoms with E-state index in [1.165, 1.54) is 5.56 Å². The zero-order valence-corrected chi connectivity index (χ0v) is 10.7. The molecule has 0 amide bonds. The number of furan rings is 1. The van der Waals surface area contributed by atoms with E-state index >= 15 is 0 Å². The zero-order chi connectivity index (χ0) is 12.6. The number of benzene rings is 1. The maximum absolute atomic E-state index is 5.60. The molecule has 2 rings (SSSR count). The second kappa shape index (κ2) is 6.87. The van der Waals surface area contributed by atoms with Gasteiger partial charge in [0.1, 0.15) is 11.5 Å². The molecule has 2 aromatic rings. The van der Waals surface area contributed by atoms with Crippen LogP contribution in [0.3, 0.4) is 0 Å². The molecule has 0 unspecified atom stereocenters. The lowest BCUT2D eigenvalue weighted by Crippen LogP contribution is -2.17. The molecule has 0 radical (unpaired) electrons. The molecular formula is C15H19NO2. The highest BCUT2D eigenvalue weighted by Crippen LogP contribution is 2.09. The van der Waals surface area contributed by atoms with Crippen molar-refractivity contribution in [3.63, 3.8) is 0 Å². The minimum absolute atomic E-state index is 0.730. The molecular weight excluding hydrogens is 226 g/mol. The fourth-order valence-corrected chi connectivity index (χ4v) is 1.69. The molecule has 0 aliphatic rings. The van der Waals surface area contributed by atoms with E-state index in [9.17, 15) is 0 Å². The first kappa shape index (κ1) is 12.7. The lowest BCUT2D eigenvalue weighted by atomic mass is 10.3. The van der Waals surface area contributed by atoms with Gasteiger partial charge in [-0.05, 0) is 43.7 Å². The Morgan fingerprint density at radius 1 is 1.17 bits per heavy atom. The Morgan fingerprint density at radius 2 is 2.00 bits per heavy atom. The summed E-state index contributed by atoms with van der Waals surface area (Å²) in [6.07, 6.45) is 2.71. The van der Waals surface area contributed by atoms with E-state index in [1.807, 2.05) is 36.4 Å². The number of aryl methyl sites for hydroxylation is 1. The molecule has 3 nitrogen and oxygen atoms in total. The normalized spacial score (nSPS) is 10.5. The number of hydrogen-bond donors (Lipinski definition) is 1. The Kier molecular flexibility index (Phi) is 4.85. The van der Waals surface area contributed by atoms with Crippen LogP contribution in [0.2, 0.25) is 0 Å². The minimum Gasteiger partial charge on any atom is -0.494 e. The van der Waals surface area contributed by atoms with Gasteiger partial charge in [-0.15, -0.1) is 0 Å². The minimum atomic E-state index is 0.730. The molecule has 1 aromatic heterocycles. The van der Waals surface area contributed by atoms with Crippen molar-refractivity contribution in [1.29, 1.82) is 0 Å². The van der Waals surface area contributed by atoms with Crippen LogP contribution in [0, 0.1) is 6.92 Å². The van der Waals surface area contributed by atoms with Crippen LogP contribution in [0.1, 0.15) is 17.7 Å². The third-order valence-corrected chi connectivity index (χ3v) is 2.76. The van der Waals surface area contributed by atoms with Crippen LogP contribution in [-0.4, -0.2) is 13.2 Å². The van der Waals surface area contributed by atoms with Gasteiger partial charge in [0.2, 0.25) is 0 Å². The van der Waals surface area contributed by atoms with Crippen LogP contribution in [0.25, 0.3) is 0 Å². The Balaban J connectivity index is 1.56. The lowest BCUT2D eigenvalue weighted by Gasteiger charge is -2.06. The smallest absolute Gasteiger partial charge is 0.120 e. The molecule has 0 aliphatic heterocycles. The quantitative estimate of drug-likeness (QED) is 0.761. The highest BCUT2D eigenvalue weighted by Gasteiger charge is 2.00. The molecule has 3 heteroatoms. The van der Waals surface area contributed by atoms with Gasteiger partial charge in [-0.2, -0.15) is 0 Å². The van der Waals surface area contributed by atoms with Gasteiger partial charge in [0, 0.05) is 0 Å². The van der Waals surface area contributed by atoms with E-state index in [2.05, 4.69) is 12.2 Å². The van der Waals surface area contributed by atoms with Crippen LogP contribution in [-0.2, 0) is 6.54 Å². The third-order valence-electron chi connectivity index (χ3n) is 2.76. The van der Waals surface area contributed by atoms with Crippen molar-refractivity contribution in [3.05, 3.63) is 54.0 Å². The molecule has 0 aliphatic carbocycles. The van der Waals surface area contributed by atoms with Crippen LogP contribution in [0.15, 0.2) is 47.1 Å². The fourth-order valence-electron chi connectivity index (χ4n) is 1.69. The summed E-state index contributed by atoms with van der Waals surface area (Å²) < 4.78 is 10.9. The SMILES string of the molecule is Cc1ccoc1CNCCCOc1ccccc1. The first-order chi connectivity index (χ1) is 8.86. The molecule has 96 valence electrons. The van der Waals surface area contributed by atoms with E-state index in [-0.39, 0.29) is 0 Å². The first-order valence-corrected chi connectivity index (χ1v) is 6.28. The monoisotopic (exact) mass is 245 g/mol. The number of nitrogens with one attached hydrogen (secondary N) is 1. The molecule has 1 N–H and O–H groups in total. The number of rotatable bonds is 7. The molecule has 0 saturated heterocycles. The molecule has 0 atom stereocenters. The summed E-state index contributed by atoms with van der Waals surface area (Å²) >= 11 is 0. The van der Waals surface area contributed by atoms with Gasteiger partial charge < -0.3 is 14.5 Å². The third kappa shape index (κ3) is 3.93. The van der Waals surface area contributed by atoms with Gasteiger partial charge in [-0.1, -0.05) is 18.2 Å². The average molecular weight is 245 g/mol. The van der Waals surface area contributed by atoms with Crippen molar-refractivity contribution >= 4 is 0 Å². The number of para-hydroxylation sites is 1. The van der Waals surface area contributed by atoms with Gasteiger partial charge in [0.05, 0.1) is 19.4 Å². The predicted molar refractivity (Wildman–Crippen MR) is 71.7 cm³/mol. The van der Waals surface area contributed by atoms with E-state index in [0.717, 1.165) is 37.6 Å². The van der Waals surface area contributed by atoms with Gasteiger partial charge in [-0.3, -0.25) is 0 Å². The maximum Gasteiger partial charge on any atom is 0.120 e. The molecule has 0 bridgehead atoms. The Hall–Kier alpha value is -1.74.